The Morgan fingerprint density at radius 2 is 1.97 bits per heavy atom. The molecule has 1 aromatic heterocycles. The number of amides is 2. The fraction of sp³-hybridized carbons (Fsp3) is 0.333. The molecule has 2 aromatic carbocycles. The van der Waals surface area contributed by atoms with E-state index in [1.807, 2.05) is 52.8 Å². The smallest absolute Gasteiger partial charge is 0.230 e. The molecule has 1 saturated heterocycles. The maximum atomic E-state index is 12.4. The Morgan fingerprint density at radius 1 is 1.16 bits per heavy atom. The van der Waals surface area contributed by atoms with E-state index in [4.69, 9.17) is 0 Å². The maximum Gasteiger partial charge on any atom is 0.230 e. The number of aromatic nitrogens is 3. The summed E-state index contributed by atoms with van der Waals surface area (Å²) in [6.07, 6.45) is 1.53. The summed E-state index contributed by atoms with van der Waals surface area (Å²) in [6, 6.07) is 16.0. The fourth-order valence-electron chi connectivity index (χ4n) is 3.77. The minimum Gasteiger partial charge on any atom is -0.351 e. The number of aryl methyl sites for hydroxylation is 1. The number of nitrogens with zero attached hydrogens (tertiary/aromatic N) is 4. The zero-order valence-electron chi connectivity index (χ0n) is 18.4. The van der Waals surface area contributed by atoms with Crippen LogP contribution in [-0.4, -0.2) is 38.9 Å². The Balaban J connectivity index is 1.31. The molecule has 0 unspecified atom stereocenters. The Kier molecular flexibility index (Phi) is 6.90. The Labute approximate surface area is 192 Å². The molecule has 2 heterocycles. The zero-order valence-corrected chi connectivity index (χ0v) is 19.2. The van der Waals surface area contributed by atoms with Crippen LogP contribution in [-0.2, 0) is 22.7 Å². The molecular weight excluding hydrogens is 422 g/mol. The molecule has 0 saturated carbocycles. The van der Waals surface area contributed by atoms with E-state index < -0.39 is 0 Å². The van der Waals surface area contributed by atoms with E-state index in [1.54, 1.807) is 0 Å². The summed E-state index contributed by atoms with van der Waals surface area (Å²) in [5.74, 6) is 1.20. The van der Waals surface area contributed by atoms with Crippen LogP contribution in [0, 0.1) is 6.92 Å². The van der Waals surface area contributed by atoms with Crippen molar-refractivity contribution in [2.45, 2.75) is 44.9 Å². The van der Waals surface area contributed by atoms with Crippen molar-refractivity contribution in [2.24, 2.45) is 0 Å². The summed E-state index contributed by atoms with van der Waals surface area (Å²) in [7, 11) is 0. The molecule has 4 rings (SSSR count). The van der Waals surface area contributed by atoms with E-state index in [-0.39, 0.29) is 17.6 Å². The lowest BCUT2D eigenvalue weighted by Gasteiger charge is -2.16. The molecular formula is C24H27N5O2S. The summed E-state index contributed by atoms with van der Waals surface area (Å²) >= 11 is 1.39. The van der Waals surface area contributed by atoms with Crippen LogP contribution in [0.15, 0.2) is 53.7 Å². The average molecular weight is 450 g/mol. The highest BCUT2D eigenvalue weighted by molar-refractivity contribution is 7.99. The summed E-state index contributed by atoms with van der Waals surface area (Å²) < 4.78 is 2.03. The van der Waals surface area contributed by atoms with Crippen molar-refractivity contribution < 1.29 is 9.59 Å². The first-order valence-electron chi connectivity index (χ1n) is 10.8. The topological polar surface area (TPSA) is 80.1 Å². The number of hydrogen-bond donors (Lipinski definition) is 1. The minimum atomic E-state index is -0.0587. The van der Waals surface area contributed by atoms with Crippen LogP contribution in [0.3, 0.4) is 0 Å². The van der Waals surface area contributed by atoms with Crippen molar-refractivity contribution in [1.29, 1.82) is 0 Å². The van der Waals surface area contributed by atoms with Crippen LogP contribution in [0.1, 0.15) is 30.9 Å². The third-order valence-corrected chi connectivity index (χ3v) is 6.42. The van der Waals surface area contributed by atoms with Gasteiger partial charge in [-0.1, -0.05) is 47.7 Å². The van der Waals surface area contributed by atoms with Crippen LogP contribution in [0.25, 0.3) is 11.4 Å². The lowest BCUT2D eigenvalue weighted by Crippen LogP contribution is -2.25. The predicted octanol–water partition coefficient (Wildman–Crippen LogP) is 3.81. The summed E-state index contributed by atoms with van der Waals surface area (Å²) in [4.78, 5) is 26.1. The van der Waals surface area contributed by atoms with E-state index in [0.717, 1.165) is 47.3 Å². The molecule has 1 fully saturated rings. The van der Waals surface area contributed by atoms with Crippen molar-refractivity contribution in [1.82, 2.24) is 20.1 Å². The number of anilines is 1. The number of carbonyl (C=O) groups is 2. The molecule has 0 radical (unpaired) electrons. The van der Waals surface area contributed by atoms with Gasteiger partial charge >= 0.3 is 0 Å². The van der Waals surface area contributed by atoms with Crippen molar-refractivity contribution in [2.75, 3.05) is 17.2 Å². The van der Waals surface area contributed by atoms with Crippen LogP contribution in [0.2, 0.25) is 0 Å². The second-order valence-electron chi connectivity index (χ2n) is 7.80. The zero-order chi connectivity index (χ0) is 22.5. The Hall–Kier alpha value is -3.13. The third-order valence-electron chi connectivity index (χ3n) is 5.45. The summed E-state index contributed by atoms with van der Waals surface area (Å²) in [5.41, 5.74) is 4.11. The van der Waals surface area contributed by atoms with Gasteiger partial charge in [0.05, 0.1) is 5.75 Å². The first kappa shape index (κ1) is 22.1. The van der Waals surface area contributed by atoms with Crippen LogP contribution in [0.5, 0.6) is 0 Å². The van der Waals surface area contributed by atoms with Crippen molar-refractivity contribution in [3.63, 3.8) is 0 Å². The molecule has 1 aliphatic rings. The number of carbonyl (C=O) groups excluding carboxylic acids is 2. The van der Waals surface area contributed by atoms with E-state index in [0.29, 0.717) is 13.0 Å². The molecule has 166 valence electrons. The average Bonchev–Trinajstić information content (AvgIpc) is 3.42. The van der Waals surface area contributed by atoms with Gasteiger partial charge in [-0.05, 0) is 44.0 Å². The number of rotatable bonds is 8. The van der Waals surface area contributed by atoms with Gasteiger partial charge in [-0.25, -0.2) is 0 Å². The summed E-state index contributed by atoms with van der Waals surface area (Å²) in [5, 5.41) is 12.3. The normalized spacial score (nSPS) is 13.6. The van der Waals surface area contributed by atoms with Gasteiger partial charge in [0.1, 0.15) is 0 Å². The van der Waals surface area contributed by atoms with Gasteiger partial charge in [0.2, 0.25) is 11.8 Å². The molecule has 3 aromatic rings. The molecule has 7 nitrogen and oxygen atoms in total. The molecule has 0 atom stereocenters. The van der Waals surface area contributed by atoms with Gasteiger partial charge in [0.15, 0.2) is 11.0 Å². The van der Waals surface area contributed by atoms with E-state index in [1.165, 1.54) is 17.3 Å². The van der Waals surface area contributed by atoms with Gasteiger partial charge in [-0.15, -0.1) is 10.2 Å². The standard InChI is InChI=1S/C24H27N5O2S/c1-3-28-23(19-7-4-6-17(2)14-19)26-27-24(28)32-16-21(30)25-15-18-9-11-20(12-10-18)29-13-5-8-22(29)31/h4,6-7,9-12,14H,3,5,8,13,15-16H2,1-2H3,(H,25,30). The van der Waals surface area contributed by atoms with Crippen LogP contribution in [0.4, 0.5) is 5.69 Å². The molecule has 1 N–H and O–H groups in total. The second kappa shape index (κ2) is 9.99. The van der Waals surface area contributed by atoms with Crippen molar-refractivity contribution in [3.8, 4) is 11.4 Å². The molecule has 0 spiro atoms. The predicted molar refractivity (Wildman–Crippen MR) is 126 cm³/mol. The lowest BCUT2D eigenvalue weighted by molar-refractivity contribution is -0.119. The first-order valence-corrected chi connectivity index (χ1v) is 11.8. The molecule has 1 aliphatic heterocycles. The Morgan fingerprint density at radius 3 is 2.66 bits per heavy atom. The van der Waals surface area contributed by atoms with Gasteiger partial charge in [0, 0.05) is 37.3 Å². The van der Waals surface area contributed by atoms with Gasteiger partial charge in [-0.3, -0.25) is 9.59 Å². The first-order chi connectivity index (χ1) is 15.5. The monoisotopic (exact) mass is 449 g/mol. The highest BCUT2D eigenvalue weighted by atomic mass is 32.2. The van der Waals surface area contributed by atoms with Gasteiger partial charge in [-0.2, -0.15) is 0 Å². The van der Waals surface area contributed by atoms with Gasteiger partial charge < -0.3 is 14.8 Å². The number of benzene rings is 2. The minimum absolute atomic E-state index is 0.0587. The quantitative estimate of drug-likeness (QED) is 0.529. The van der Waals surface area contributed by atoms with Crippen LogP contribution < -0.4 is 10.2 Å². The van der Waals surface area contributed by atoms with E-state index in [2.05, 4.69) is 34.6 Å². The highest BCUT2D eigenvalue weighted by Crippen LogP contribution is 2.25. The number of thioether (sulfide) groups is 1. The van der Waals surface area contributed by atoms with E-state index in [9.17, 15) is 9.59 Å². The number of hydrogen-bond acceptors (Lipinski definition) is 5. The third kappa shape index (κ3) is 5.02. The molecule has 32 heavy (non-hydrogen) atoms. The molecule has 2 amide bonds. The largest absolute Gasteiger partial charge is 0.351 e. The Bertz CT molecular complexity index is 1110. The van der Waals surface area contributed by atoms with Crippen molar-refractivity contribution in [3.05, 3.63) is 59.7 Å². The van der Waals surface area contributed by atoms with E-state index >= 15 is 0 Å². The fourth-order valence-corrected chi connectivity index (χ4v) is 4.61. The number of nitrogens with one attached hydrogen (secondary N) is 1. The van der Waals surface area contributed by atoms with Crippen molar-refractivity contribution >= 4 is 29.3 Å². The molecule has 0 bridgehead atoms. The maximum absolute atomic E-state index is 12.4. The highest BCUT2D eigenvalue weighted by Gasteiger charge is 2.21. The molecule has 0 aliphatic carbocycles. The second-order valence-corrected chi connectivity index (χ2v) is 8.74. The van der Waals surface area contributed by atoms with Gasteiger partial charge in [0.25, 0.3) is 0 Å². The summed E-state index contributed by atoms with van der Waals surface area (Å²) in [6.45, 7) is 6.05. The van der Waals surface area contributed by atoms with Crippen LogP contribution >= 0.6 is 11.8 Å². The molecule has 8 heteroatoms. The SMILES string of the molecule is CCn1c(SCC(=O)NCc2ccc(N3CCCC3=O)cc2)nnc1-c1cccc(C)c1. The lowest BCUT2D eigenvalue weighted by atomic mass is 10.1.